The Hall–Kier alpha value is -2.90. The van der Waals surface area contributed by atoms with Crippen LogP contribution in [0.25, 0.3) is 6.08 Å². The number of halogens is 2. The van der Waals surface area contributed by atoms with E-state index in [1.165, 1.54) is 0 Å². The van der Waals surface area contributed by atoms with Gasteiger partial charge in [0.1, 0.15) is 6.61 Å². The van der Waals surface area contributed by atoms with Gasteiger partial charge in [-0.3, -0.25) is 0 Å². The number of cyclic esters (lactones) is 1. The molecule has 0 aromatic heterocycles. The van der Waals surface area contributed by atoms with E-state index >= 15 is 0 Å². The summed E-state index contributed by atoms with van der Waals surface area (Å²) in [6.45, 7) is 0.389. The molecule has 3 aromatic rings. The Morgan fingerprint density at radius 2 is 1.77 bits per heavy atom. The summed E-state index contributed by atoms with van der Waals surface area (Å²) >= 11 is 6.97. The highest BCUT2D eigenvalue weighted by molar-refractivity contribution is 9.10. The third-order valence-electron chi connectivity index (χ3n) is 4.49. The molecule has 0 saturated carbocycles. The molecule has 3 aromatic carbocycles. The fraction of sp³-hybridized carbons (Fsp3) is 0.0833. The number of rotatable bonds is 6. The zero-order chi connectivity index (χ0) is 21.8. The van der Waals surface area contributed by atoms with Crippen LogP contribution < -0.4 is 9.47 Å². The van der Waals surface area contributed by atoms with E-state index < -0.39 is 5.97 Å². The van der Waals surface area contributed by atoms with E-state index in [1.807, 2.05) is 60.7 Å². The number of nitrogens with zero attached hydrogens (tertiary/aromatic N) is 1. The molecule has 31 heavy (non-hydrogen) atoms. The second-order valence-electron chi connectivity index (χ2n) is 6.65. The fourth-order valence-corrected chi connectivity index (χ4v) is 3.81. The minimum Gasteiger partial charge on any atom is -0.493 e. The Kier molecular flexibility index (Phi) is 6.53. The van der Waals surface area contributed by atoms with Gasteiger partial charge < -0.3 is 14.2 Å². The van der Waals surface area contributed by atoms with Crippen LogP contribution in [0.1, 0.15) is 16.7 Å². The SMILES string of the molecule is COc1cc(/C=C2\N=C(c3ccccc3)OC2=O)cc(Br)c1OCc1ccc(Br)cc1. The Bertz CT molecular complexity index is 1170. The van der Waals surface area contributed by atoms with Crippen molar-refractivity contribution in [3.8, 4) is 11.5 Å². The van der Waals surface area contributed by atoms with E-state index in [4.69, 9.17) is 14.2 Å². The van der Waals surface area contributed by atoms with Crippen molar-refractivity contribution < 1.29 is 19.0 Å². The van der Waals surface area contributed by atoms with Gasteiger partial charge in [-0.2, -0.15) is 0 Å². The normalized spacial score (nSPS) is 14.4. The van der Waals surface area contributed by atoms with E-state index in [1.54, 1.807) is 19.3 Å². The van der Waals surface area contributed by atoms with E-state index in [0.29, 0.717) is 22.6 Å². The van der Waals surface area contributed by atoms with Crippen LogP contribution in [0.2, 0.25) is 0 Å². The minimum absolute atomic E-state index is 0.219. The number of methoxy groups -OCH3 is 1. The van der Waals surface area contributed by atoms with Crippen molar-refractivity contribution in [1.82, 2.24) is 0 Å². The maximum atomic E-state index is 12.3. The standard InChI is InChI=1S/C24H17Br2NO4/c1-29-21-13-16(11-19(26)22(21)30-14-15-7-9-18(25)10-8-15)12-20-24(28)31-23(27-20)17-5-3-2-4-6-17/h2-13H,14H2,1H3/b20-12-. The molecule has 4 rings (SSSR count). The van der Waals surface area contributed by atoms with E-state index in [0.717, 1.165) is 21.2 Å². The first kappa shape index (κ1) is 21.3. The molecule has 7 heteroatoms. The Morgan fingerprint density at radius 3 is 2.48 bits per heavy atom. The number of hydrogen-bond acceptors (Lipinski definition) is 5. The van der Waals surface area contributed by atoms with Gasteiger partial charge in [0.05, 0.1) is 11.6 Å². The summed E-state index contributed by atoms with van der Waals surface area (Å²) in [5, 5.41) is 0. The lowest BCUT2D eigenvalue weighted by atomic mass is 10.1. The van der Waals surface area contributed by atoms with Gasteiger partial charge in [-0.15, -0.1) is 0 Å². The number of ether oxygens (including phenoxy) is 3. The molecular formula is C24H17Br2NO4. The van der Waals surface area contributed by atoms with Crippen molar-refractivity contribution in [2.75, 3.05) is 7.11 Å². The molecule has 0 N–H and O–H groups in total. The Morgan fingerprint density at radius 1 is 1.03 bits per heavy atom. The molecule has 0 saturated heterocycles. The van der Waals surface area contributed by atoms with Gasteiger partial charge in [-0.05, 0) is 69.5 Å². The van der Waals surface area contributed by atoms with Crippen molar-refractivity contribution in [3.63, 3.8) is 0 Å². The van der Waals surface area contributed by atoms with Gasteiger partial charge in [0, 0.05) is 10.0 Å². The summed E-state index contributed by atoms with van der Waals surface area (Å²) < 4.78 is 18.5. The first-order valence-corrected chi connectivity index (χ1v) is 10.9. The van der Waals surface area contributed by atoms with Gasteiger partial charge in [-0.1, -0.05) is 46.3 Å². The topological polar surface area (TPSA) is 57.1 Å². The largest absolute Gasteiger partial charge is 0.493 e. The quantitative estimate of drug-likeness (QED) is 0.277. The molecule has 0 bridgehead atoms. The highest BCUT2D eigenvalue weighted by atomic mass is 79.9. The average Bonchev–Trinajstić information content (AvgIpc) is 3.14. The lowest BCUT2D eigenvalue weighted by Gasteiger charge is -2.14. The van der Waals surface area contributed by atoms with Crippen LogP contribution in [-0.4, -0.2) is 19.0 Å². The smallest absolute Gasteiger partial charge is 0.363 e. The van der Waals surface area contributed by atoms with Crippen LogP contribution >= 0.6 is 31.9 Å². The van der Waals surface area contributed by atoms with E-state index in [9.17, 15) is 4.79 Å². The molecule has 0 unspecified atom stereocenters. The van der Waals surface area contributed by atoms with Crippen LogP contribution in [0.5, 0.6) is 11.5 Å². The number of carbonyl (C=O) groups is 1. The van der Waals surface area contributed by atoms with Gasteiger partial charge in [0.2, 0.25) is 5.90 Å². The minimum atomic E-state index is -0.496. The molecule has 0 spiro atoms. The fourth-order valence-electron chi connectivity index (χ4n) is 2.97. The van der Waals surface area contributed by atoms with Crippen molar-refractivity contribution in [2.45, 2.75) is 6.61 Å². The number of hydrogen-bond donors (Lipinski definition) is 0. The van der Waals surface area contributed by atoms with Crippen molar-refractivity contribution in [3.05, 3.63) is 98.1 Å². The lowest BCUT2D eigenvalue weighted by Crippen LogP contribution is -2.05. The Labute approximate surface area is 196 Å². The second kappa shape index (κ2) is 9.49. The highest BCUT2D eigenvalue weighted by Gasteiger charge is 2.24. The summed E-state index contributed by atoms with van der Waals surface area (Å²) in [6.07, 6.45) is 1.66. The highest BCUT2D eigenvalue weighted by Crippen LogP contribution is 2.38. The first-order chi connectivity index (χ1) is 15.0. The zero-order valence-corrected chi connectivity index (χ0v) is 19.6. The van der Waals surface area contributed by atoms with Gasteiger partial charge in [-0.25, -0.2) is 9.79 Å². The van der Waals surface area contributed by atoms with Crippen LogP contribution in [0, 0.1) is 0 Å². The van der Waals surface area contributed by atoms with Crippen LogP contribution in [0.3, 0.4) is 0 Å². The Balaban J connectivity index is 1.58. The van der Waals surface area contributed by atoms with Crippen molar-refractivity contribution >= 4 is 49.8 Å². The first-order valence-electron chi connectivity index (χ1n) is 9.36. The molecule has 1 heterocycles. The maximum Gasteiger partial charge on any atom is 0.363 e. The van der Waals surface area contributed by atoms with Gasteiger partial charge in [0.25, 0.3) is 0 Å². The molecule has 0 aliphatic carbocycles. The molecule has 1 aliphatic rings. The van der Waals surface area contributed by atoms with E-state index in [-0.39, 0.29) is 11.6 Å². The van der Waals surface area contributed by atoms with Crippen LogP contribution in [-0.2, 0) is 16.1 Å². The lowest BCUT2D eigenvalue weighted by molar-refractivity contribution is -0.129. The van der Waals surface area contributed by atoms with Gasteiger partial charge >= 0.3 is 5.97 Å². The molecule has 1 aliphatic heterocycles. The van der Waals surface area contributed by atoms with Crippen molar-refractivity contribution in [2.24, 2.45) is 4.99 Å². The monoisotopic (exact) mass is 541 g/mol. The van der Waals surface area contributed by atoms with Crippen LogP contribution in [0.4, 0.5) is 0 Å². The third kappa shape index (κ3) is 5.06. The molecule has 5 nitrogen and oxygen atoms in total. The van der Waals surface area contributed by atoms with Gasteiger partial charge in [0.15, 0.2) is 17.2 Å². The molecule has 0 fully saturated rings. The third-order valence-corrected chi connectivity index (χ3v) is 5.61. The number of carbonyl (C=O) groups excluding carboxylic acids is 1. The molecule has 0 radical (unpaired) electrons. The summed E-state index contributed by atoms with van der Waals surface area (Å²) in [7, 11) is 1.57. The zero-order valence-electron chi connectivity index (χ0n) is 16.5. The molecular weight excluding hydrogens is 526 g/mol. The number of esters is 1. The predicted molar refractivity (Wildman–Crippen MR) is 126 cm³/mol. The second-order valence-corrected chi connectivity index (χ2v) is 8.42. The van der Waals surface area contributed by atoms with Crippen LogP contribution in [0.15, 0.2) is 86.4 Å². The molecule has 0 atom stereocenters. The molecule has 0 amide bonds. The van der Waals surface area contributed by atoms with E-state index in [2.05, 4.69) is 36.9 Å². The van der Waals surface area contributed by atoms with Crippen molar-refractivity contribution in [1.29, 1.82) is 0 Å². The summed E-state index contributed by atoms with van der Waals surface area (Å²) in [6, 6.07) is 20.8. The maximum absolute atomic E-state index is 12.3. The number of benzene rings is 3. The summed E-state index contributed by atoms with van der Waals surface area (Å²) in [5.74, 6) is 0.911. The average molecular weight is 543 g/mol. The number of aliphatic imine (C=N–C) groups is 1. The molecule has 156 valence electrons. The predicted octanol–water partition coefficient (Wildman–Crippen LogP) is 6.14. The summed E-state index contributed by atoms with van der Waals surface area (Å²) in [4.78, 5) is 16.6. The summed E-state index contributed by atoms with van der Waals surface area (Å²) in [5.41, 5.74) is 2.72.